The third kappa shape index (κ3) is 2.34. The molecule has 0 fully saturated rings. The lowest BCUT2D eigenvalue weighted by Gasteiger charge is -2.06. The first-order chi connectivity index (χ1) is 7.81. The summed E-state index contributed by atoms with van der Waals surface area (Å²) in [5.41, 5.74) is 6.48. The number of rotatable bonds is 4. The summed E-state index contributed by atoms with van der Waals surface area (Å²) in [4.78, 5) is 0. The van der Waals surface area contributed by atoms with Crippen molar-refractivity contribution < 1.29 is 5.11 Å². The summed E-state index contributed by atoms with van der Waals surface area (Å²) in [6, 6.07) is 12.0. The third-order valence-corrected chi connectivity index (χ3v) is 2.85. The minimum Gasteiger partial charge on any atom is -0.508 e. The predicted molar refractivity (Wildman–Crippen MR) is 67.6 cm³/mol. The minimum absolute atomic E-state index is 0.399. The molecular formula is C14H17NO. The second kappa shape index (κ2) is 4.99. The molecule has 2 rings (SSSR count). The van der Waals surface area contributed by atoms with E-state index in [4.69, 9.17) is 5.73 Å². The zero-order valence-electron chi connectivity index (χ0n) is 9.32. The number of hydrogen-bond acceptors (Lipinski definition) is 2. The van der Waals surface area contributed by atoms with E-state index in [0.29, 0.717) is 12.3 Å². The Morgan fingerprint density at radius 3 is 2.38 bits per heavy atom. The molecule has 0 saturated carbocycles. The van der Waals surface area contributed by atoms with Crippen LogP contribution in [0.3, 0.4) is 0 Å². The average molecular weight is 215 g/mol. The van der Waals surface area contributed by atoms with Crippen molar-refractivity contribution in [2.45, 2.75) is 19.3 Å². The summed E-state index contributed by atoms with van der Waals surface area (Å²) in [5.74, 6) is 0.399. The molecular weight excluding hydrogens is 198 g/mol. The molecule has 0 amide bonds. The zero-order valence-corrected chi connectivity index (χ0v) is 9.32. The first-order valence-corrected chi connectivity index (χ1v) is 5.72. The molecule has 0 heterocycles. The molecule has 0 bridgehead atoms. The van der Waals surface area contributed by atoms with Gasteiger partial charge in [0.2, 0.25) is 0 Å². The van der Waals surface area contributed by atoms with Crippen LogP contribution in [0, 0.1) is 0 Å². The molecule has 0 unspecified atom stereocenters. The van der Waals surface area contributed by atoms with Crippen LogP contribution in [0.25, 0.3) is 10.8 Å². The smallest absolute Gasteiger partial charge is 0.119 e. The normalized spacial score (nSPS) is 10.8. The van der Waals surface area contributed by atoms with Crippen LogP contribution in [0.5, 0.6) is 5.75 Å². The van der Waals surface area contributed by atoms with Gasteiger partial charge >= 0.3 is 0 Å². The molecule has 0 aliphatic rings. The maximum Gasteiger partial charge on any atom is 0.119 e. The molecule has 0 aliphatic heterocycles. The summed E-state index contributed by atoms with van der Waals surface area (Å²) in [6.45, 7) is 0.717. The summed E-state index contributed by atoms with van der Waals surface area (Å²) in [6.07, 6.45) is 2.93. The van der Waals surface area contributed by atoms with E-state index >= 15 is 0 Å². The lowest BCUT2D eigenvalue weighted by Crippen LogP contribution is -1.99. The van der Waals surface area contributed by atoms with Gasteiger partial charge in [-0.2, -0.15) is 0 Å². The standard InChI is InChI=1S/C14H17NO/c15-8-4-3-7-13-9-11-5-1-2-6-12(11)10-14(13)16/h1-2,5-6,9-10,16H,3-4,7-8,15H2. The highest BCUT2D eigenvalue weighted by Crippen LogP contribution is 2.26. The van der Waals surface area contributed by atoms with Gasteiger partial charge in [0.15, 0.2) is 0 Å². The van der Waals surface area contributed by atoms with Crippen LogP contribution < -0.4 is 5.73 Å². The number of benzene rings is 2. The van der Waals surface area contributed by atoms with E-state index in [2.05, 4.69) is 12.1 Å². The molecule has 2 nitrogen and oxygen atoms in total. The fraction of sp³-hybridized carbons (Fsp3) is 0.286. The van der Waals surface area contributed by atoms with Crippen molar-refractivity contribution in [2.24, 2.45) is 5.73 Å². The van der Waals surface area contributed by atoms with Crippen molar-refractivity contribution >= 4 is 10.8 Å². The molecule has 84 valence electrons. The summed E-state index contributed by atoms with van der Waals surface area (Å²) >= 11 is 0. The summed E-state index contributed by atoms with van der Waals surface area (Å²) < 4.78 is 0. The molecule has 16 heavy (non-hydrogen) atoms. The highest BCUT2D eigenvalue weighted by Gasteiger charge is 2.03. The third-order valence-electron chi connectivity index (χ3n) is 2.85. The van der Waals surface area contributed by atoms with E-state index in [0.717, 1.165) is 30.2 Å². The molecule has 0 atom stereocenters. The van der Waals surface area contributed by atoms with Gasteiger partial charge in [0.1, 0.15) is 5.75 Å². The molecule has 2 aromatic rings. The van der Waals surface area contributed by atoms with Crippen molar-refractivity contribution in [2.75, 3.05) is 6.54 Å². The Morgan fingerprint density at radius 2 is 1.69 bits per heavy atom. The Kier molecular flexibility index (Phi) is 3.42. The van der Waals surface area contributed by atoms with E-state index in [9.17, 15) is 5.11 Å². The number of phenols is 1. The van der Waals surface area contributed by atoms with E-state index in [1.165, 1.54) is 5.39 Å². The van der Waals surface area contributed by atoms with Gasteiger partial charge in [-0.05, 0) is 54.3 Å². The Labute approximate surface area is 95.7 Å². The van der Waals surface area contributed by atoms with Crippen LogP contribution in [0.4, 0.5) is 0 Å². The summed E-state index contributed by atoms with van der Waals surface area (Å²) in [5, 5.41) is 12.1. The van der Waals surface area contributed by atoms with Crippen LogP contribution >= 0.6 is 0 Å². The number of nitrogens with two attached hydrogens (primary N) is 1. The van der Waals surface area contributed by atoms with E-state index < -0.39 is 0 Å². The second-order valence-electron chi connectivity index (χ2n) is 4.07. The van der Waals surface area contributed by atoms with Gasteiger partial charge in [-0.1, -0.05) is 24.3 Å². The highest BCUT2D eigenvalue weighted by molar-refractivity contribution is 5.84. The molecule has 2 heteroatoms. The molecule has 3 N–H and O–H groups in total. The SMILES string of the molecule is NCCCCc1cc2ccccc2cc1O. The number of phenolic OH excluding ortho intramolecular Hbond substituents is 1. The monoisotopic (exact) mass is 215 g/mol. The van der Waals surface area contributed by atoms with Gasteiger partial charge < -0.3 is 10.8 Å². The fourth-order valence-corrected chi connectivity index (χ4v) is 1.94. The number of aromatic hydroxyl groups is 1. The lowest BCUT2D eigenvalue weighted by atomic mass is 10.0. The van der Waals surface area contributed by atoms with Crippen LogP contribution in [0.1, 0.15) is 18.4 Å². The molecule has 2 aromatic carbocycles. The number of hydrogen-bond donors (Lipinski definition) is 2. The zero-order chi connectivity index (χ0) is 11.4. The Bertz CT molecular complexity index is 479. The van der Waals surface area contributed by atoms with Gasteiger partial charge in [-0.3, -0.25) is 0 Å². The quantitative estimate of drug-likeness (QED) is 0.770. The van der Waals surface area contributed by atoms with Crippen LogP contribution in [0.15, 0.2) is 36.4 Å². The van der Waals surface area contributed by atoms with Gasteiger partial charge in [0, 0.05) is 0 Å². The lowest BCUT2D eigenvalue weighted by molar-refractivity contribution is 0.467. The van der Waals surface area contributed by atoms with Crippen molar-refractivity contribution in [3.8, 4) is 5.75 Å². The molecule has 0 radical (unpaired) electrons. The van der Waals surface area contributed by atoms with Gasteiger partial charge in [0.05, 0.1) is 0 Å². The van der Waals surface area contributed by atoms with E-state index in [-0.39, 0.29) is 0 Å². The van der Waals surface area contributed by atoms with Gasteiger partial charge in [-0.25, -0.2) is 0 Å². The average Bonchev–Trinajstić information content (AvgIpc) is 2.30. The van der Waals surface area contributed by atoms with Crippen molar-refractivity contribution in [3.05, 3.63) is 42.0 Å². The van der Waals surface area contributed by atoms with Crippen LogP contribution in [0.2, 0.25) is 0 Å². The van der Waals surface area contributed by atoms with Crippen LogP contribution in [-0.2, 0) is 6.42 Å². The first kappa shape index (κ1) is 11.0. The Morgan fingerprint density at radius 1 is 1.00 bits per heavy atom. The largest absolute Gasteiger partial charge is 0.508 e. The van der Waals surface area contributed by atoms with Gasteiger partial charge in [0.25, 0.3) is 0 Å². The fourth-order valence-electron chi connectivity index (χ4n) is 1.94. The molecule has 0 aliphatic carbocycles. The maximum atomic E-state index is 9.88. The maximum absolute atomic E-state index is 9.88. The van der Waals surface area contributed by atoms with Crippen molar-refractivity contribution in [1.29, 1.82) is 0 Å². The van der Waals surface area contributed by atoms with Gasteiger partial charge in [-0.15, -0.1) is 0 Å². The predicted octanol–water partition coefficient (Wildman–Crippen LogP) is 2.83. The topological polar surface area (TPSA) is 46.2 Å². The second-order valence-corrected chi connectivity index (χ2v) is 4.07. The van der Waals surface area contributed by atoms with E-state index in [1.54, 1.807) is 0 Å². The molecule has 0 saturated heterocycles. The minimum atomic E-state index is 0.399. The number of fused-ring (bicyclic) bond motifs is 1. The Balaban J connectivity index is 2.27. The number of aryl methyl sites for hydroxylation is 1. The Hall–Kier alpha value is -1.54. The molecule has 0 aromatic heterocycles. The van der Waals surface area contributed by atoms with Crippen molar-refractivity contribution in [1.82, 2.24) is 0 Å². The molecule has 0 spiro atoms. The highest BCUT2D eigenvalue weighted by atomic mass is 16.3. The summed E-state index contributed by atoms with van der Waals surface area (Å²) in [7, 11) is 0. The van der Waals surface area contributed by atoms with Crippen LogP contribution in [-0.4, -0.2) is 11.7 Å². The van der Waals surface area contributed by atoms with Crippen molar-refractivity contribution in [3.63, 3.8) is 0 Å². The first-order valence-electron chi connectivity index (χ1n) is 5.72. The van der Waals surface area contributed by atoms with E-state index in [1.807, 2.05) is 24.3 Å². The number of unbranched alkanes of at least 4 members (excludes halogenated alkanes) is 1.